The third-order valence-electron chi connectivity index (χ3n) is 2.74. The second-order valence-electron chi connectivity index (χ2n) is 4.11. The average Bonchev–Trinajstić information content (AvgIpc) is 2.91. The fourth-order valence-corrected chi connectivity index (χ4v) is 1.74. The standard InChI is InChI=1S/C12H13N5O3/c13-12(18)8-1-2-11(17(19)20)10(5-8)15-4-3-9-6-14-7-16-9/h1-2,5-7,15H,3-4H2,(H2,13,18)(H,14,16). The Bertz CT molecular complexity index is 624. The maximum atomic E-state index is 11.1. The number of nitrogens with two attached hydrogens (primary N) is 1. The number of H-pyrrole nitrogens is 1. The minimum atomic E-state index is -0.628. The summed E-state index contributed by atoms with van der Waals surface area (Å²) in [6, 6.07) is 3.98. The molecular formula is C12H13N5O3. The van der Waals surface area contributed by atoms with Crippen molar-refractivity contribution in [2.45, 2.75) is 6.42 Å². The van der Waals surface area contributed by atoms with Crippen LogP contribution in [-0.2, 0) is 6.42 Å². The van der Waals surface area contributed by atoms with Gasteiger partial charge in [0.05, 0.1) is 11.3 Å². The van der Waals surface area contributed by atoms with E-state index >= 15 is 0 Å². The zero-order valence-corrected chi connectivity index (χ0v) is 10.5. The highest BCUT2D eigenvalue weighted by molar-refractivity contribution is 5.94. The predicted octanol–water partition coefficient (Wildman–Crippen LogP) is 1.07. The quantitative estimate of drug-likeness (QED) is 0.536. The SMILES string of the molecule is NC(=O)c1ccc([N+](=O)[O-])c(NCCc2cnc[nH]2)c1. The molecule has 1 aromatic carbocycles. The predicted molar refractivity (Wildman–Crippen MR) is 72.4 cm³/mol. The third-order valence-corrected chi connectivity index (χ3v) is 2.74. The number of nitrogens with one attached hydrogen (secondary N) is 2. The van der Waals surface area contributed by atoms with Crippen LogP contribution in [0.5, 0.6) is 0 Å². The zero-order valence-electron chi connectivity index (χ0n) is 10.5. The summed E-state index contributed by atoms with van der Waals surface area (Å²) in [5, 5.41) is 13.9. The van der Waals surface area contributed by atoms with Crippen LogP contribution in [-0.4, -0.2) is 27.3 Å². The second-order valence-corrected chi connectivity index (χ2v) is 4.11. The molecule has 8 heteroatoms. The highest BCUT2D eigenvalue weighted by Crippen LogP contribution is 2.25. The Morgan fingerprint density at radius 3 is 2.90 bits per heavy atom. The smallest absolute Gasteiger partial charge is 0.292 e. The Morgan fingerprint density at radius 1 is 1.50 bits per heavy atom. The number of carbonyl (C=O) groups excluding carboxylic acids is 1. The van der Waals surface area contributed by atoms with Gasteiger partial charge in [0.2, 0.25) is 5.91 Å². The molecule has 0 unspecified atom stereocenters. The van der Waals surface area contributed by atoms with Crippen molar-refractivity contribution in [1.82, 2.24) is 9.97 Å². The van der Waals surface area contributed by atoms with Crippen LogP contribution in [0.15, 0.2) is 30.7 Å². The molecular weight excluding hydrogens is 262 g/mol. The van der Waals surface area contributed by atoms with Gasteiger partial charge in [-0.2, -0.15) is 0 Å². The number of nitro benzene ring substituents is 1. The Balaban J connectivity index is 2.13. The lowest BCUT2D eigenvalue weighted by Crippen LogP contribution is -2.13. The normalized spacial score (nSPS) is 10.2. The summed E-state index contributed by atoms with van der Waals surface area (Å²) in [5.74, 6) is -0.628. The molecule has 2 aromatic rings. The molecule has 1 aromatic heterocycles. The van der Waals surface area contributed by atoms with Crippen LogP contribution < -0.4 is 11.1 Å². The van der Waals surface area contributed by atoms with Crippen LogP contribution in [0, 0.1) is 10.1 Å². The number of anilines is 1. The Morgan fingerprint density at radius 2 is 2.30 bits per heavy atom. The molecule has 0 aliphatic rings. The zero-order chi connectivity index (χ0) is 14.5. The van der Waals surface area contributed by atoms with Crippen molar-refractivity contribution in [3.63, 3.8) is 0 Å². The number of rotatable bonds is 6. The Kier molecular flexibility index (Phi) is 3.94. The summed E-state index contributed by atoms with van der Waals surface area (Å²) in [5.41, 5.74) is 6.47. The van der Waals surface area contributed by atoms with Gasteiger partial charge in [0.1, 0.15) is 5.69 Å². The van der Waals surface area contributed by atoms with Crippen LogP contribution in [0.1, 0.15) is 16.1 Å². The van der Waals surface area contributed by atoms with Gasteiger partial charge in [-0.3, -0.25) is 14.9 Å². The van der Waals surface area contributed by atoms with Gasteiger partial charge >= 0.3 is 0 Å². The van der Waals surface area contributed by atoms with Crippen molar-refractivity contribution in [3.05, 3.63) is 52.1 Å². The minimum absolute atomic E-state index is 0.0976. The fourth-order valence-electron chi connectivity index (χ4n) is 1.74. The molecule has 1 amide bonds. The number of nitro groups is 1. The molecule has 0 radical (unpaired) electrons. The summed E-state index contributed by atoms with van der Waals surface area (Å²) in [6.07, 6.45) is 3.86. The number of imidazole rings is 1. The van der Waals surface area contributed by atoms with Crippen molar-refractivity contribution in [1.29, 1.82) is 0 Å². The van der Waals surface area contributed by atoms with Gasteiger partial charge < -0.3 is 16.0 Å². The highest BCUT2D eigenvalue weighted by atomic mass is 16.6. The van der Waals surface area contributed by atoms with E-state index in [9.17, 15) is 14.9 Å². The molecule has 0 saturated carbocycles. The van der Waals surface area contributed by atoms with Gasteiger partial charge in [-0.05, 0) is 12.1 Å². The number of hydrogen-bond donors (Lipinski definition) is 3. The van der Waals surface area contributed by atoms with Gasteiger partial charge in [0, 0.05) is 36.5 Å². The van der Waals surface area contributed by atoms with Gasteiger partial charge in [-0.25, -0.2) is 4.98 Å². The molecule has 0 saturated heterocycles. The number of aromatic amines is 1. The fraction of sp³-hybridized carbons (Fsp3) is 0.167. The number of benzene rings is 1. The molecule has 8 nitrogen and oxygen atoms in total. The number of amides is 1. The number of nitrogens with zero attached hydrogens (tertiary/aromatic N) is 2. The van der Waals surface area contributed by atoms with E-state index in [1.807, 2.05) is 0 Å². The van der Waals surface area contributed by atoms with Gasteiger partial charge in [0.25, 0.3) is 5.69 Å². The Labute approximate surface area is 114 Å². The molecule has 4 N–H and O–H groups in total. The maximum Gasteiger partial charge on any atom is 0.292 e. The average molecular weight is 275 g/mol. The van der Waals surface area contributed by atoms with E-state index in [-0.39, 0.29) is 16.9 Å². The largest absolute Gasteiger partial charge is 0.379 e. The lowest BCUT2D eigenvalue weighted by Gasteiger charge is -2.07. The maximum absolute atomic E-state index is 11.1. The van der Waals surface area contributed by atoms with E-state index in [2.05, 4.69) is 15.3 Å². The van der Waals surface area contributed by atoms with Gasteiger partial charge in [-0.15, -0.1) is 0 Å². The van der Waals surface area contributed by atoms with Gasteiger partial charge in [0.15, 0.2) is 0 Å². The molecule has 1 heterocycles. The van der Waals surface area contributed by atoms with Crippen molar-refractivity contribution in [3.8, 4) is 0 Å². The van der Waals surface area contributed by atoms with E-state index in [0.717, 1.165) is 5.69 Å². The molecule has 0 atom stereocenters. The van der Waals surface area contributed by atoms with E-state index in [1.54, 1.807) is 12.5 Å². The third kappa shape index (κ3) is 3.10. The molecule has 2 rings (SSSR count). The summed E-state index contributed by atoms with van der Waals surface area (Å²) < 4.78 is 0. The van der Waals surface area contributed by atoms with Crippen molar-refractivity contribution in [2.75, 3.05) is 11.9 Å². The van der Waals surface area contributed by atoms with E-state index in [4.69, 9.17) is 5.73 Å². The van der Waals surface area contributed by atoms with Crippen LogP contribution in [0.4, 0.5) is 11.4 Å². The first-order valence-electron chi connectivity index (χ1n) is 5.87. The van der Waals surface area contributed by atoms with Crippen LogP contribution >= 0.6 is 0 Å². The van der Waals surface area contributed by atoms with E-state index in [0.29, 0.717) is 13.0 Å². The summed E-state index contributed by atoms with van der Waals surface area (Å²) in [7, 11) is 0. The summed E-state index contributed by atoms with van der Waals surface area (Å²) in [4.78, 5) is 28.3. The first kappa shape index (κ1) is 13.5. The monoisotopic (exact) mass is 275 g/mol. The van der Waals surface area contributed by atoms with E-state index in [1.165, 1.54) is 18.2 Å². The van der Waals surface area contributed by atoms with Crippen molar-refractivity contribution < 1.29 is 9.72 Å². The number of aromatic nitrogens is 2. The van der Waals surface area contributed by atoms with Crippen molar-refractivity contribution >= 4 is 17.3 Å². The van der Waals surface area contributed by atoms with E-state index < -0.39 is 10.8 Å². The molecule has 0 aliphatic heterocycles. The van der Waals surface area contributed by atoms with Crippen LogP contribution in [0.25, 0.3) is 0 Å². The lowest BCUT2D eigenvalue weighted by atomic mass is 10.1. The first-order valence-corrected chi connectivity index (χ1v) is 5.87. The highest BCUT2D eigenvalue weighted by Gasteiger charge is 2.15. The second kappa shape index (κ2) is 5.83. The van der Waals surface area contributed by atoms with Gasteiger partial charge in [-0.1, -0.05) is 0 Å². The Hall–Kier alpha value is -2.90. The topological polar surface area (TPSA) is 127 Å². The minimum Gasteiger partial charge on any atom is -0.379 e. The summed E-state index contributed by atoms with van der Waals surface area (Å²) >= 11 is 0. The number of carbonyl (C=O) groups is 1. The molecule has 0 bridgehead atoms. The summed E-state index contributed by atoms with van der Waals surface area (Å²) in [6.45, 7) is 0.464. The molecule has 20 heavy (non-hydrogen) atoms. The molecule has 0 spiro atoms. The van der Waals surface area contributed by atoms with Crippen molar-refractivity contribution in [2.24, 2.45) is 5.73 Å². The number of hydrogen-bond acceptors (Lipinski definition) is 5. The molecule has 0 aliphatic carbocycles. The molecule has 104 valence electrons. The van der Waals surface area contributed by atoms with Crippen LogP contribution in [0.2, 0.25) is 0 Å². The van der Waals surface area contributed by atoms with Crippen LogP contribution in [0.3, 0.4) is 0 Å². The molecule has 0 fully saturated rings. The lowest BCUT2D eigenvalue weighted by molar-refractivity contribution is -0.384. The first-order chi connectivity index (χ1) is 9.58. The number of primary amides is 1.